The maximum absolute atomic E-state index is 13.4. The number of carbonyl (C=O) groups excluding carboxylic acids is 1. The summed E-state index contributed by atoms with van der Waals surface area (Å²) in [4.78, 5) is 12.0. The van der Waals surface area contributed by atoms with Crippen molar-refractivity contribution in [2.45, 2.75) is 27.4 Å². The number of esters is 1. The first kappa shape index (κ1) is 15.6. The SMILES string of the molecule is C/C(F)=C/C1[C@@H](C(=O)OCc2cccc(F)c2F)C1(C)C. The van der Waals surface area contributed by atoms with Gasteiger partial charge in [0.05, 0.1) is 11.7 Å². The second-order valence-electron chi connectivity index (χ2n) is 5.90. The number of allylic oxidation sites excluding steroid dienone is 2. The fourth-order valence-electron chi connectivity index (χ4n) is 2.58. The zero-order valence-electron chi connectivity index (χ0n) is 12.1. The van der Waals surface area contributed by atoms with E-state index in [9.17, 15) is 18.0 Å². The van der Waals surface area contributed by atoms with E-state index in [1.165, 1.54) is 25.1 Å². The van der Waals surface area contributed by atoms with E-state index in [4.69, 9.17) is 4.74 Å². The lowest BCUT2D eigenvalue weighted by molar-refractivity contribution is -0.147. The molecule has 1 fully saturated rings. The summed E-state index contributed by atoms with van der Waals surface area (Å²) in [6.07, 6.45) is 1.40. The van der Waals surface area contributed by atoms with Gasteiger partial charge in [-0.2, -0.15) is 0 Å². The van der Waals surface area contributed by atoms with Gasteiger partial charge in [0.15, 0.2) is 11.6 Å². The minimum absolute atomic E-state index is 0.0180. The Balaban J connectivity index is 2.00. The van der Waals surface area contributed by atoms with E-state index in [2.05, 4.69) is 0 Å². The third-order valence-corrected chi connectivity index (χ3v) is 3.98. The van der Waals surface area contributed by atoms with Crippen molar-refractivity contribution in [3.63, 3.8) is 0 Å². The van der Waals surface area contributed by atoms with E-state index in [-0.39, 0.29) is 29.3 Å². The Labute approximate surface area is 121 Å². The first-order valence-electron chi connectivity index (χ1n) is 6.68. The van der Waals surface area contributed by atoms with Gasteiger partial charge in [0.2, 0.25) is 0 Å². The van der Waals surface area contributed by atoms with Crippen LogP contribution in [0.15, 0.2) is 30.1 Å². The number of hydrogen-bond acceptors (Lipinski definition) is 2. The molecule has 0 aromatic heterocycles. The minimum atomic E-state index is -1.02. The molecule has 1 aromatic carbocycles. The van der Waals surface area contributed by atoms with Crippen LogP contribution in [0.4, 0.5) is 13.2 Å². The van der Waals surface area contributed by atoms with Gasteiger partial charge in [-0.1, -0.05) is 26.0 Å². The molecule has 1 aliphatic rings. The number of hydrogen-bond donors (Lipinski definition) is 0. The molecule has 0 spiro atoms. The quantitative estimate of drug-likeness (QED) is 0.780. The van der Waals surface area contributed by atoms with Crippen molar-refractivity contribution in [1.82, 2.24) is 0 Å². The van der Waals surface area contributed by atoms with Crippen LogP contribution in [0.2, 0.25) is 0 Å². The zero-order chi connectivity index (χ0) is 15.8. The van der Waals surface area contributed by atoms with E-state index < -0.39 is 23.5 Å². The largest absolute Gasteiger partial charge is 0.460 e. The standard InChI is InChI=1S/C16H17F3O2/c1-9(17)7-11-13(16(11,2)3)15(20)21-8-10-5-4-6-12(18)14(10)19/h4-7,11,13H,8H2,1-3H3/b9-7-/t11?,13-/m0/s1. The molecule has 1 aromatic rings. The molecule has 1 unspecified atom stereocenters. The molecule has 2 nitrogen and oxygen atoms in total. The fourth-order valence-corrected chi connectivity index (χ4v) is 2.58. The van der Waals surface area contributed by atoms with Gasteiger partial charge >= 0.3 is 5.97 Å². The second-order valence-corrected chi connectivity index (χ2v) is 5.90. The Morgan fingerprint density at radius 2 is 2.05 bits per heavy atom. The molecule has 0 amide bonds. The topological polar surface area (TPSA) is 26.3 Å². The highest BCUT2D eigenvalue weighted by Crippen LogP contribution is 2.59. The molecule has 0 aliphatic heterocycles. The van der Waals surface area contributed by atoms with Crippen LogP contribution >= 0.6 is 0 Å². The van der Waals surface area contributed by atoms with Gasteiger partial charge in [0.25, 0.3) is 0 Å². The van der Waals surface area contributed by atoms with E-state index in [0.29, 0.717) is 0 Å². The lowest BCUT2D eigenvalue weighted by atomic mass is 10.1. The highest BCUT2D eigenvalue weighted by molar-refractivity contribution is 5.78. The Bertz CT molecular complexity index is 589. The Morgan fingerprint density at radius 1 is 1.38 bits per heavy atom. The van der Waals surface area contributed by atoms with Crippen LogP contribution in [-0.4, -0.2) is 5.97 Å². The molecular weight excluding hydrogens is 281 g/mol. The van der Waals surface area contributed by atoms with Gasteiger partial charge < -0.3 is 4.74 Å². The summed E-state index contributed by atoms with van der Waals surface area (Å²) in [6.45, 7) is 4.66. The third kappa shape index (κ3) is 3.12. The van der Waals surface area contributed by atoms with Gasteiger partial charge in [-0.15, -0.1) is 0 Å². The van der Waals surface area contributed by atoms with Crippen molar-refractivity contribution in [1.29, 1.82) is 0 Å². The average molecular weight is 298 g/mol. The van der Waals surface area contributed by atoms with Crippen LogP contribution in [0.25, 0.3) is 0 Å². The summed E-state index contributed by atoms with van der Waals surface area (Å²) in [5, 5.41) is 0. The highest BCUT2D eigenvalue weighted by atomic mass is 19.2. The zero-order valence-corrected chi connectivity index (χ0v) is 12.1. The van der Waals surface area contributed by atoms with Crippen molar-refractivity contribution in [3.05, 3.63) is 47.3 Å². The smallest absolute Gasteiger partial charge is 0.310 e. The first-order chi connectivity index (χ1) is 9.75. The summed E-state index contributed by atoms with van der Waals surface area (Å²) < 4.78 is 44.5. The molecule has 1 aliphatic carbocycles. The van der Waals surface area contributed by atoms with Gasteiger partial charge in [-0.25, -0.2) is 13.2 Å². The van der Waals surface area contributed by atoms with Crippen LogP contribution in [0.5, 0.6) is 0 Å². The molecule has 0 bridgehead atoms. The van der Waals surface area contributed by atoms with Gasteiger partial charge in [-0.3, -0.25) is 4.79 Å². The average Bonchev–Trinajstić information content (AvgIpc) is 2.91. The van der Waals surface area contributed by atoms with Gasteiger partial charge in [0.1, 0.15) is 6.61 Å². The Hall–Kier alpha value is -1.78. The molecule has 114 valence electrons. The molecule has 5 heteroatoms. The molecule has 21 heavy (non-hydrogen) atoms. The molecule has 2 atom stereocenters. The predicted molar refractivity (Wildman–Crippen MR) is 71.8 cm³/mol. The third-order valence-electron chi connectivity index (χ3n) is 3.98. The van der Waals surface area contributed by atoms with Gasteiger partial charge in [0, 0.05) is 5.56 Å². The molecule has 2 rings (SSSR count). The predicted octanol–water partition coefficient (Wildman–Crippen LogP) is 4.15. The van der Waals surface area contributed by atoms with Gasteiger partial charge in [-0.05, 0) is 30.4 Å². The van der Waals surface area contributed by atoms with E-state index >= 15 is 0 Å². The van der Waals surface area contributed by atoms with Crippen LogP contribution in [0.1, 0.15) is 26.3 Å². The first-order valence-corrected chi connectivity index (χ1v) is 6.68. The van der Waals surface area contributed by atoms with Crippen LogP contribution < -0.4 is 0 Å². The van der Waals surface area contributed by atoms with Crippen molar-refractivity contribution < 1.29 is 22.7 Å². The summed E-state index contributed by atoms with van der Waals surface area (Å²) in [7, 11) is 0. The summed E-state index contributed by atoms with van der Waals surface area (Å²) in [6, 6.07) is 3.70. The van der Waals surface area contributed by atoms with E-state index in [0.717, 1.165) is 6.07 Å². The van der Waals surface area contributed by atoms with Crippen LogP contribution in [0, 0.1) is 28.9 Å². The second kappa shape index (κ2) is 5.54. The minimum Gasteiger partial charge on any atom is -0.460 e. The number of benzene rings is 1. The van der Waals surface area contributed by atoms with Crippen molar-refractivity contribution in [3.8, 4) is 0 Å². The highest BCUT2D eigenvalue weighted by Gasteiger charge is 2.61. The summed E-state index contributed by atoms with van der Waals surface area (Å²) in [5.74, 6) is -3.56. The molecule has 0 saturated heterocycles. The Kier molecular flexibility index (Phi) is 4.12. The summed E-state index contributed by atoms with van der Waals surface area (Å²) in [5.41, 5.74) is -0.402. The monoisotopic (exact) mass is 298 g/mol. The number of halogens is 3. The van der Waals surface area contributed by atoms with E-state index in [1.807, 2.05) is 13.8 Å². The Morgan fingerprint density at radius 3 is 2.67 bits per heavy atom. The lowest BCUT2D eigenvalue weighted by Gasteiger charge is -2.07. The summed E-state index contributed by atoms with van der Waals surface area (Å²) >= 11 is 0. The molecule has 0 N–H and O–H groups in total. The lowest BCUT2D eigenvalue weighted by Crippen LogP contribution is -2.11. The maximum atomic E-state index is 13.4. The van der Waals surface area contributed by atoms with Crippen molar-refractivity contribution >= 4 is 5.97 Å². The molecule has 1 saturated carbocycles. The van der Waals surface area contributed by atoms with Crippen molar-refractivity contribution in [2.24, 2.45) is 17.3 Å². The molecule has 0 radical (unpaired) electrons. The van der Waals surface area contributed by atoms with Crippen LogP contribution in [-0.2, 0) is 16.1 Å². The number of ether oxygens (including phenoxy) is 1. The fraction of sp³-hybridized carbons (Fsp3) is 0.438. The van der Waals surface area contributed by atoms with Crippen LogP contribution in [0.3, 0.4) is 0 Å². The number of carbonyl (C=O) groups is 1. The number of rotatable bonds is 4. The normalized spacial score (nSPS) is 23.8. The molecule has 0 heterocycles. The van der Waals surface area contributed by atoms with E-state index in [1.54, 1.807) is 0 Å². The molecular formula is C16H17F3O2. The van der Waals surface area contributed by atoms with Crippen molar-refractivity contribution in [2.75, 3.05) is 0 Å². The maximum Gasteiger partial charge on any atom is 0.310 e.